The Morgan fingerprint density at radius 1 is 1.13 bits per heavy atom. The summed E-state index contributed by atoms with van der Waals surface area (Å²) < 4.78 is 38.1. The van der Waals surface area contributed by atoms with Gasteiger partial charge in [0.2, 0.25) is 0 Å². The van der Waals surface area contributed by atoms with Crippen molar-refractivity contribution in [3.05, 3.63) is 99.5 Å². The number of carboxylic acids is 1. The number of H-pyrrole nitrogens is 1. The van der Waals surface area contributed by atoms with Crippen LogP contribution < -0.4 is 5.32 Å². The quantitative estimate of drug-likeness (QED) is 0.206. The second-order valence-corrected chi connectivity index (χ2v) is 9.65. The van der Waals surface area contributed by atoms with Gasteiger partial charge in [-0.3, -0.25) is 14.9 Å². The Morgan fingerprint density at radius 3 is 2.61 bits per heavy atom. The molecular weight excluding hydrogens is 515 g/mol. The van der Waals surface area contributed by atoms with Gasteiger partial charge in [0, 0.05) is 53.2 Å². The number of hydrogen-bond acceptors (Lipinski definition) is 5. The summed E-state index contributed by atoms with van der Waals surface area (Å²) in [6.07, 6.45) is -0.741. The molecule has 0 fully saturated rings. The summed E-state index contributed by atoms with van der Waals surface area (Å²) >= 11 is 1.30. The molecule has 4 aromatic rings. The Morgan fingerprint density at radius 2 is 1.89 bits per heavy atom. The van der Waals surface area contributed by atoms with Gasteiger partial charge < -0.3 is 10.1 Å². The molecule has 3 N–H and O–H groups in total. The lowest BCUT2D eigenvalue weighted by molar-refractivity contribution is -0.139. The molecule has 0 aliphatic carbocycles. The normalized spacial score (nSPS) is 12.1. The highest BCUT2D eigenvalue weighted by Crippen LogP contribution is 2.29. The number of carbonyl (C=O) groups is 2. The Balaban J connectivity index is 1.31. The van der Waals surface area contributed by atoms with Crippen LogP contribution in [0.1, 0.15) is 26.4 Å². The van der Waals surface area contributed by atoms with E-state index >= 15 is 0 Å². The zero-order valence-electron chi connectivity index (χ0n) is 19.9. The average molecular weight is 538 g/mol. The lowest BCUT2D eigenvalue weighted by Gasteiger charge is -2.15. The number of carbonyl (C=O) groups excluding carboxylic acids is 1. The number of aliphatic carboxylic acids is 1. The molecule has 0 saturated heterocycles. The maximum absolute atomic E-state index is 12.7. The van der Waals surface area contributed by atoms with Gasteiger partial charge in [0.25, 0.3) is 0 Å². The van der Waals surface area contributed by atoms with Crippen LogP contribution >= 0.6 is 11.3 Å². The van der Waals surface area contributed by atoms with E-state index in [1.54, 1.807) is 30.6 Å². The molecule has 0 bridgehead atoms. The number of fused-ring (bicyclic) bond motifs is 1. The molecular formula is C28H22F3N3O3S. The Hall–Kier alpha value is -4.20. The molecule has 6 nitrogen and oxygen atoms in total. The highest BCUT2D eigenvalue weighted by atomic mass is 32.1. The van der Waals surface area contributed by atoms with E-state index in [2.05, 4.69) is 33.7 Å². The molecule has 3 aromatic heterocycles. The fourth-order valence-electron chi connectivity index (χ4n) is 3.69. The first kappa shape index (κ1) is 26.9. The van der Waals surface area contributed by atoms with Crippen LogP contribution in [-0.2, 0) is 28.6 Å². The van der Waals surface area contributed by atoms with Gasteiger partial charge in [-0.15, -0.1) is 11.3 Å². The first-order valence-electron chi connectivity index (χ1n) is 11.5. The second kappa shape index (κ2) is 11.5. The smallest absolute Gasteiger partial charge is 0.416 e. The van der Waals surface area contributed by atoms with Crippen LogP contribution in [0.2, 0.25) is 0 Å². The molecule has 1 unspecified atom stereocenters. The zero-order chi connectivity index (χ0) is 27.3. The molecule has 3 heterocycles. The maximum atomic E-state index is 12.7. The van der Waals surface area contributed by atoms with Crippen molar-refractivity contribution in [2.75, 3.05) is 6.54 Å². The van der Waals surface area contributed by atoms with Crippen LogP contribution in [0.5, 0.6) is 0 Å². The summed E-state index contributed by atoms with van der Waals surface area (Å²) in [6.45, 7) is 3.83. The summed E-state index contributed by atoms with van der Waals surface area (Å²) in [6, 6.07) is 10.8. The van der Waals surface area contributed by atoms with Gasteiger partial charge in [0.05, 0.1) is 10.4 Å². The summed E-state index contributed by atoms with van der Waals surface area (Å²) in [4.78, 5) is 33.1. The molecule has 4 rings (SSSR count). The van der Waals surface area contributed by atoms with E-state index in [1.165, 1.54) is 23.5 Å². The van der Waals surface area contributed by atoms with E-state index in [4.69, 9.17) is 0 Å². The van der Waals surface area contributed by atoms with Crippen LogP contribution in [0.3, 0.4) is 0 Å². The highest BCUT2D eigenvalue weighted by Gasteiger charge is 2.29. The fourth-order valence-corrected chi connectivity index (χ4v) is 4.55. The summed E-state index contributed by atoms with van der Waals surface area (Å²) in [5.74, 6) is 4.44. The number of nitrogens with one attached hydrogen (secondary N) is 2. The van der Waals surface area contributed by atoms with Crippen molar-refractivity contribution in [3.63, 3.8) is 0 Å². The molecule has 0 aliphatic rings. The second-order valence-electron chi connectivity index (χ2n) is 8.48. The number of aromatic nitrogens is 2. The summed E-state index contributed by atoms with van der Waals surface area (Å²) in [5, 5.41) is 13.4. The van der Waals surface area contributed by atoms with Crippen molar-refractivity contribution in [2.24, 2.45) is 0 Å². The SMILES string of the molecule is C=C(CNC(Cc1c[nH]c2ncccc12)C(=O)O)C(=O)Cc1ccc(C#Cc2ccc(C(F)(F)F)cc2)s1. The zero-order valence-corrected chi connectivity index (χ0v) is 20.7. The van der Waals surface area contributed by atoms with E-state index < -0.39 is 23.8 Å². The number of thiophene rings is 1. The fraction of sp³-hybridized carbons (Fsp3) is 0.179. The number of Topliss-reactive ketones (excluding diaryl/α,β-unsaturated/α-hetero) is 1. The molecule has 0 radical (unpaired) electrons. The van der Waals surface area contributed by atoms with Crippen LogP contribution in [0.15, 0.2) is 73.1 Å². The standard InChI is InChI=1S/C28H22F3N3O3S/c1-17(15-33-24(27(36)37)13-19-16-34-26-23(19)3-2-12-32-26)25(35)14-22-11-10-21(38-22)9-6-18-4-7-20(8-5-18)28(29,30)31/h2-5,7-8,10-12,16,24,33H,1,13-15H2,(H,32,34)(H,36,37). The number of alkyl halides is 3. The molecule has 194 valence electrons. The molecule has 10 heteroatoms. The lowest BCUT2D eigenvalue weighted by atomic mass is 10.0. The first-order valence-corrected chi connectivity index (χ1v) is 12.3. The summed E-state index contributed by atoms with van der Waals surface area (Å²) in [7, 11) is 0. The van der Waals surface area contributed by atoms with E-state index in [-0.39, 0.29) is 30.7 Å². The first-order chi connectivity index (χ1) is 18.1. The van der Waals surface area contributed by atoms with Crippen molar-refractivity contribution in [2.45, 2.75) is 25.1 Å². The predicted octanol–water partition coefficient (Wildman–Crippen LogP) is 5.00. The van der Waals surface area contributed by atoms with Gasteiger partial charge in [0.15, 0.2) is 5.78 Å². The number of benzene rings is 1. The van der Waals surface area contributed by atoms with E-state index in [1.807, 2.05) is 6.07 Å². The Labute approximate surface area is 220 Å². The molecule has 0 saturated carbocycles. The largest absolute Gasteiger partial charge is 0.480 e. The number of rotatable bonds is 9. The van der Waals surface area contributed by atoms with Crippen molar-refractivity contribution >= 4 is 34.1 Å². The molecule has 0 spiro atoms. The van der Waals surface area contributed by atoms with Crippen molar-refractivity contribution < 1.29 is 27.9 Å². The molecule has 0 amide bonds. The van der Waals surface area contributed by atoms with Crippen LogP contribution in [0.4, 0.5) is 13.2 Å². The number of pyridine rings is 1. The number of nitrogens with zero attached hydrogens (tertiary/aromatic N) is 1. The minimum absolute atomic E-state index is 0.0162. The topological polar surface area (TPSA) is 95.1 Å². The number of carboxylic acid groups (broad SMARTS) is 1. The third-order valence-electron chi connectivity index (χ3n) is 5.75. The summed E-state index contributed by atoms with van der Waals surface area (Å²) in [5.41, 5.74) is 1.43. The number of ketones is 1. The number of aromatic amines is 1. The third-order valence-corrected chi connectivity index (χ3v) is 6.75. The molecule has 0 aliphatic heterocycles. The Kier molecular flexibility index (Phi) is 8.10. The molecule has 1 atom stereocenters. The van der Waals surface area contributed by atoms with Crippen molar-refractivity contribution in [1.29, 1.82) is 0 Å². The van der Waals surface area contributed by atoms with Gasteiger partial charge in [0.1, 0.15) is 11.7 Å². The van der Waals surface area contributed by atoms with Gasteiger partial charge in [-0.1, -0.05) is 18.4 Å². The number of hydrogen-bond donors (Lipinski definition) is 3. The van der Waals surface area contributed by atoms with Crippen LogP contribution in [-0.4, -0.2) is 39.4 Å². The van der Waals surface area contributed by atoms with Gasteiger partial charge in [-0.2, -0.15) is 13.2 Å². The molecule has 1 aromatic carbocycles. The van der Waals surface area contributed by atoms with E-state index in [9.17, 15) is 27.9 Å². The van der Waals surface area contributed by atoms with Gasteiger partial charge >= 0.3 is 12.1 Å². The van der Waals surface area contributed by atoms with Gasteiger partial charge in [-0.05, 0) is 54.1 Å². The lowest BCUT2D eigenvalue weighted by Crippen LogP contribution is -2.40. The minimum atomic E-state index is -4.40. The number of halogens is 3. The Bertz CT molecular complexity index is 1540. The van der Waals surface area contributed by atoms with E-state index in [0.717, 1.165) is 28.0 Å². The average Bonchev–Trinajstić information content (AvgIpc) is 3.51. The van der Waals surface area contributed by atoms with Crippen molar-refractivity contribution in [1.82, 2.24) is 15.3 Å². The third kappa shape index (κ3) is 6.76. The highest BCUT2D eigenvalue weighted by molar-refractivity contribution is 7.12. The van der Waals surface area contributed by atoms with E-state index in [0.29, 0.717) is 16.1 Å². The molecule has 38 heavy (non-hydrogen) atoms. The van der Waals surface area contributed by atoms with Crippen LogP contribution in [0, 0.1) is 11.8 Å². The predicted molar refractivity (Wildman–Crippen MR) is 139 cm³/mol. The van der Waals surface area contributed by atoms with Gasteiger partial charge in [-0.25, -0.2) is 4.98 Å². The van der Waals surface area contributed by atoms with Crippen LogP contribution in [0.25, 0.3) is 11.0 Å². The monoisotopic (exact) mass is 537 g/mol. The maximum Gasteiger partial charge on any atom is 0.416 e. The minimum Gasteiger partial charge on any atom is -0.480 e. The van der Waals surface area contributed by atoms with Crippen molar-refractivity contribution in [3.8, 4) is 11.8 Å².